The number of hydrogen-bond acceptors (Lipinski definition) is 2. The van der Waals surface area contributed by atoms with E-state index in [1.807, 2.05) is 11.8 Å². The van der Waals surface area contributed by atoms with Crippen molar-refractivity contribution in [2.24, 2.45) is 0 Å². The zero-order valence-electron chi connectivity index (χ0n) is 9.62. The zero-order chi connectivity index (χ0) is 10.6. The van der Waals surface area contributed by atoms with Crippen LogP contribution < -0.4 is 0 Å². The van der Waals surface area contributed by atoms with Crippen LogP contribution >= 0.6 is 0 Å². The molecule has 0 aliphatic heterocycles. The van der Waals surface area contributed by atoms with Gasteiger partial charge in [-0.3, -0.25) is 4.79 Å². The van der Waals surface area contributed by atoms with Crippen molar-refractivity contribution in [1.29, 1.82) is 0 Å². The molecule has 0 bridgehead atoms. The van der Waals surface area contributed by atoms with E-state index in [1.165, 1.54) is 19.3 Å². The van der Waals surface area contributed by atoms with Gasteiger partial charge < -0.3 is 9.80 Å². The third kappa shape index (κ3) is 2.98. The molecule has 0 N–H and O–H groups in total. The average Bonchev–Trinajstić information content (AvgIpc) is 2.01. The highest BCUT2D eigenvalue weighted by Crippen LogP contribution is 2.23. The summed E-state index contributed by atoms with van der Waals surface area (Å²) >= 11 is 0. The minimum Gasteiger partial charge on any atom is -0.342 e. The molecule has 82 valence electrons. The number of likely N-dealkylation sites (N-methyl/N-ethyl adjacent to an activating group) is 2. The molecule has 14 heavy (non-hydrogen) atoms. The van der Waals surface area contributed by atoms with E-state index >= 15 is 0 Å². The van der Waals surface area contributed by atoms with Crippen molar-refractivity contribution in [3.8, 4) is 0 Å². The number of nitrogens with zero attached hydrogens (tertiary/aromatic N) is 2. The molecule has 3 nitrogen and oxygen atoms in total. The fourth-order valence-electron chi connectivity index (χ4n) is 1.83. The second-order valence-corrected chi connectivity index (χ2v) is 4.16. The first-order chi connectivity index (χ1) is 6.65. The monoisotopic (exact) mass is 198 g/mol. The van der Waals surface area contributed by atoms with Gasteiger partial charge in [-0.2, -0.15) is 0 Å². The number of carbonyl (C=O) groups excluding carboxylic acids is 1. The Hall–Kier alpha value is -0.570. The molecule has 1 aliphatic rings. The molecule has 0 aromatic heterocycles. The van der Waals surface area contributed by atoms with Crippen LogP contribution in [0.3, 0.4) is 0 Å². The van der Waals surface area contributed by atoms with Gasteiger partial charge in [0, 0.05) is 32.6 Å². The second-order valence-electron chi connectivity index (χ2n) is 4.16. The lowest BCUT2D eigenvalue weighted by Crippen LogP contribution is -2.42. The minimum atomic E-state index is 0.189. The molecular formula is C11H22N2O. The van der Waals surface area contributed by atoms with Crippen molar-refractivity contribution in [2.45, 2.75) is 39.2 Å². The van der Waals surface area contributed by atoms with Gasteiger partial charge in [-0.05, 0) is 26.8 Å². The van der Waals surface area contributed by atoms with Crippen LogP contribution in [0.4, 0.5) is 0 Å². The van der Waals surface area contributed by atoms with Gasteiger partial charge >= 0.3 is 0 Å². The summed E-state index contributed by atoms with van der Waals surface area (Å²) in [6.45, 7) is 6.39. The molecule has 3 heteroatoms. The molecular weight excluding hydrogens is 176 g/mol. The number of hydrogen-bond donors (Lipinski definition) is 0. The summed E-state index contributed by atoms with van der Waals surface area (Å²) in [4.78, 5) is 15.4. The van der Waals surface area contributed by atoms with Crippen LogP contribution in [0.5, 0.6) is 0 Å². The Morgan fingerprint density at radius 3 is 2.36 bits per heavy atom. The Bertz CT molecular complexity index is 190. The molecule has 1 fully saturated rings. The summed E-state index contributed by atoms with van der Waals surface area (Å²) in [7, 11) is 2.16. The van der Waals surface area contributed by atoms with Crippen LogP contribution in [0.15, 0.2) is 0 Å². The van der Waals surface area contributed by atoms with E-state index in [9.17, 15) is 4.79 Å². The van der Waals surface area contributed by atoms with Crippen LogP contribution in [-0.2, 0) is 4.79 Å². The van der Waals surface area contributed by atoms with Gasteiger partial charge in [-0.1, -0.05) is 6.42 Å². The van der Waals surface area contributed by atoms with E-state index in [0.29, 0.717) is 0 Å². The van der Waals surface area contributed by atoms with Crippen LogP contribution in [0.1, 0.15) is 33.1 Å². The highest BCUT2D eigenvalue weighted by molar-refractivity contribution is 5.73. The zero-order valence-corrected chi connectivity index (χ0v) is 9.62. The Morgan fingerprint density at radius 2 is 2.00 bits per heavy atom. The normalized spacial score (nSPS) is 16.9. The highest BCUT2D eigenvalue weighted by Gasteiger charge is 2.21. The largest absolute Gasteiger partial charge is 0.342 e. The summed E-state index contributed by atoms with van der Waals surface area (Å²) in [5, 5.41) is 0. The summed E-state index contributed by atoms with van der Waals surface area (Å²) in [5.74, 6) is 0.189. The van der Waals surface area contributed by atoms with E-state index in [4.69, 9.17) is 0 Å². The van der Waals surface area contributed by atoms with E-state index in [1.54, 1.807) is 6.92 Å². The highest BCUT2D eigenvalue weighted by atomic mass is 16.2. The summed E-state index contributed by atoms with van der Waals surface area (Å²) in [6, 6.07) is 0.778. The van der Waals surface area contributed by atoms with Gasteiger partial charge in [0.15, 0.2) is 0 Å². The summed E-state index contributed by atoms with van der Waals surface area (Å²) in [6.07, 6.45) is 4.05. The molecule has 0 unspecified atom stereocenters. The molecule has 0 spiro atoms. The lowest BCUT2D eigenvalue weighted by Gasteiger charge is -2.35. The molecule has 1 aliphatic carbocycles. The van der Waals surface area contributed by atoms with Gasteiger partial charge in [0.25, 0.3) is 0 Å². The Labute approximate surface area is 87.1 Å². The third-order valence-corrected chi connectivity index (χ3v) is 3.25. The number of rotatable bonds is 5. The quantitative estimate of drug-likeness (QED) is 0.665. The smallest absolute Gasteiger partial charge is 0.219 e. The number of amides is 1. The maximum atomic E-state index is 11.1. The van der Waals surface area contributed by atoms with Crippen LogP contribution in [0, 0.1) is 0 Å². The first-order valence-electron chi connectivity index (χ1n) is 5.61. The van der Waals surface area contributed by atoms with Gasteiger partial charge in [0.05, 0.1) is 0 Å². The SMILES string of the molecule is CCN(CCN(C)C1CCC1)C(C)=O. The molecule has 1 saturated carbocycles. The molecule has 1 rings (SSSR count). The van der Waals surface area contributed by atoms with Gasteiger partial charge in [0.2, 0.25) is 5.91 Å². The molecule has 0 atom stereocenters. The topological polar surface area (TPSA) is 23.6 Å². The molecule has 0 radical (unpaired) electrons. The molecule has 1 amide bonds. The Balaban J connectivity index is 2.20. The van der Waals surface area contributed by atoms with E-state index < -0.39 is 0 Å². The third-order valence-electron chi connectivity index (χ3n) is 3.25. The van der Waals surface area contributed by atoms with Gasteiger partial charge in [0.1, 0.15) is 0 Å². The molecule has 0 aromatic carbocycles. The Morgan fingerprint density at radius 1 is 1.36 bits per heavy atom. The van der Waals surface area contributed by atoms with Crippen LogP contribution in [0.2, 0.25) is 0 Å². The van der Waals surface area contributed by atoms with Crippen molar-refractivity contribution < 1.29 is 4.79 Å². The Kier molecular flexibility index (Phi) is 4.39. The standard InChI is InChI=1S/C11H22N2O/c1-4-13(10(2)14)9-8-12(3)11-6-5-7-11/h11H,4-9H2,1-3H3. The second kappa shape index (κ2) is 5.35. The first kappa shape index (κ1) is 11.5. The maximum Gasteiger partial charge on any atom is 0.219 e. The fourth-order valence-corrected chi connectivity index (χ4v) is 1.83. The lowest BCUT2D eigenvalue weighted by molar-refractivity contribution is -0.128. The van der Waals surface area contributed by atoms with Crippen LogP contribution in [0.25, 0.3) is 0 Å². The summed E-state index contributed by atoms with van der Waals surface area (Å²) < 4.78 is 0. The number of carbonyl (C=O) groups is 1. The molecule has 0 heterocycles. The van der Waals surface area contributed by atoms with Crippen molar-refractivity contribution in [1.82, 2.24) is 9.80 Å². The van der Waals surface area contributed by atoms with Crippen molar-refractivity contribution in [2.75, 3.05) is 26.7 Å². The molecule has 0 saturated heterocycles. The van der Waals surface area contributed by atoms with Gasteiger partial charge in [-0.25, -0.2) is 0 Å². The van der Waals surface area contributed by atoms with E-state index in [2.05, 4.69) is 11.9 Å². The van der Waals surface area contributed by atoms with Crippen LogP contribution in [-0.4, -0.2) is 48.4 Å². The lowest BCUT2D eigenvalue weighted by atomic mass is 9.92. The maximum absolute atomic E-state index is 11.1. The van der Waals surface area contributed by atoms with Gasteiger partial charge in [-0.15, -0.1) is 0 Å². The van der Waals surface area contributed by atoms with E-state index in [-0.39, 0.29) is 5.91 Å². The van der Waals surface area contributed by atoms with Crippen molar-refractivity contribution >= 4 is 5.91 Å². The summed E-state index contributed by atoms with van der Waals surface area (Å²) in [5.41, 5.74) is 0. The van der Waals surface area contributed by atoms with Crippen molar-refractivity contribution in [3.05, 3.63) is 0 Å². The van der Waals surface area contributed by atoms with Crippen molar-refractivity contribution in [3.63, 3.8) is 0 Å². The predicted molar refractivity (Wildman–Crippen MR) is 58.2 cm³/mol. The average molecular weight is 198 g/mol. The predicted octanol–water partition coefficient (Wildman–Crippen LogP) is 1.34. The van der Waals surface area contributed by atoms with E-state index in [0.717, 1.165) is 25.7 Å². The minimum absolute atomic E-state index is 0.189. The first-order valence-corrected chi connectivity index (χ1v) is 5.61. The fraction of sp³-hybridized carbons (Fsp3) is 0.909. The molecule has 0 aromatic rings.